The van der Waals surface area contributed by atoms with Crippen LogP contribution in [0.3, 0.4) is 0 Å². The lowest BCUT2D eigenvalue weighted by Crippen LogP contribution is -2.23. The molecule has 2 aromatic rings. The molecule has 0 aromatic heterocycles. The largest absolute Gasteiger partial charge is 0.493 e. The SMILES string of the molecule is COc1cc(SNC(=O)Nc2ccccc2F)cc(OC)c1OC. The van der Waals surface area contributed by atoms with Crippen LogP contribution in [0, 0.1) is 5.82 Å². The van der Waals surface area contributed by atoms with Crippen LogP contribution in [0.4, 0.5) is 14.9 Å². The fourth-order valence-corrected chi connectivity index (χ4v) is 2.53. The number of ether oxygens (including phenoxy) is 3. The van der Waals surface area contributed by atoms with Crippen LogP contribution in [0.25, 0.3) is 0 Å². The lowest BCUT2D eigenvalue weighted by atomic mass is 10.3. The number of amides is 2. The van der Waals surface area contributed by atoms with E-state index in [1.54, 1.807) is 24.3 Å². The van der Waals surface area contributed by atoms with Crippen LogP contribution < -0.4 is 24.2 Å². The molecule has 24 heavy (non-hydrogen) atoms. The van der Waals surface area contributed by atoms with E-state index in [4.69, 9.17) is 14.2 Å². The van der Waals surface area contributed by atoms with Crippen molar-refractivity contribution in [2.45, 2.75) is 4.90 Å². The van der Waals surface area contributed by atoms with Gasteiger partial charge in [0, 0.05) is 4.90 Å². The smallest absolute Gasteiger partial charge is 0.329 e. The van der Waals surface area contributed by atoms with Crippen molar-refractivity contribution in [3.8, 4) is 17.2 Å². The standard InChI is InChI=1S/C16H17FN2O4S/c1-21-13-8-10(9-14(22-2)15(13)23-3)24-19-16(20)18-12-7-5-4-6-11(12)17/h4-9H,1-3H3,(H2,18,19,20). The fourth-order valence-electron chi connectivity index (χ4n) is 1.93. The average Bonchev–Trinajstić information content (AvgIpc) is 2.60. The number of hydrogen-bond donors (Lipinski definition) is 2. The Morgan fingerprint density at radius 1 is 1.04 bits per heavy atom. The average molecular weight is 352 g/mol. The molecule has 0 aliphatic carbocycles. The van der Waals surface area contributed by atoms with Gasteiger partial charge in [-0.1, -0.05) is 12.1 Å². The molecule has 2 N–H and O–H groups in total. The summed E-state index contributed by atoms with van der Waals surface area (Å²) in [6, 6.07) is 8.73. The second-order valence-electron chi connectivity index (χ2n) is 4.50. The molecule has 0 radical (unpaired) electrons. The molecule has 0 fully saturated rings. The van der Waals surface area contributed by atoms with Gasteiger partial charge in [-0.05, 0) is 36.2 Å². The quantitative estimate of drug-likeness (QED) is 0.776. The van der Waals surface area contributed by atoms with E-state index in [9.17, 15) is 9.18 Å². The Kier molecular flexibility index (Phi) is 6.14. The number of halogens is 1. The van der Waals surface area contributed by atoms with Crippen LogP contribution >= 0.6 is 11.9 Å². The minimum atomic E-state index is -0.557. The number of anilines is 1. The molecule has 0 atom stereocenters. The molecule has 0 saturated carbocycles. The van der Waals surface area contributed by atoms with Crippen LogP contribution in [0.15, 0.2) is 41.3 Å². The highest BCUT2D eigenvalue weighted by atomic mass is 32.2. The summed E-state index contributed by atoms with van der Waals surface area (Å²) in [6.07, 6.45) is 0. The molecule has 0 aliphatic rings. The van der Waals surface area contributed by atoms with Gasteiger partial charge in [0.15, 0.2) is 11.5 Å². The Hall–Kier alpha value is -2.61. The highest BCUT2D eigenvalue weighted by Crippen LogP contribution is 2.40. The van der Waals surface area contributed by atoms with Gasteiger partial charge < -0.3 is 19.5 Å². The zero-order valence-corrected chi connectivity index (χ0v) is 14.2. The van der Waals surface area contributed by atoms with Crippen molar-refractivity contribution in [2.24, 2.45) is 0 Å². The number of carbonyl (C=O) groups is 1. The van der Waals surface area contributed by atoms with Crippen LogP contribution in [0.2, 0.25) is 0 Å². The number of hydrogen-bond acceptors (Lipinski definition) is 5. The Morgan fingerprint density at radius 2 is 1.67 bits per heavy atom. The second kappa shape index (κ2) is 8.30. The Labute approximate surface area is 143 Å². The summed E-state index contributed by atoms with van der Waals surface area (Å²) in [4.78, 5) is 12.5. The number of rotatable bonds is 6. The van der Waals surface area contributed by atoms with Crippen molar-refractivity contribution in [1.82, 2.24) is 4.72 Å². The van der Waals surface area contributed by atoms with Crippen LogP contribution in [-0.2, 0) is 0 Å². The summed E-state index contributed by atoms with van der Waals surface area (Å²) in [5, 5.41) is 2.43. The van der Waals surface area contributed by atoms with Crippen molar-refractivity contribution in [2.75, 3.05) is 26.6 Å². The van der Waals surface area contributed by atoms with E-state index in [2.05, 4.69) is 10.0 Å². The predicted molar refractivity (Wildman–Crippen MR) is 90.5 cm³/mol. The van der Waals surface area contributed by atoms with Gasteiger partial charge in [-0.2, -0.15) is 0 Å². The van der Waals surface area contributed by atoms with Crippen LogP contribution in [0.5, 0.6) is 17.2 Å². The van der Waals surface area contributed by atoms with E-state index in [0.717, 1.165) is 11.9 Å². The number of nitrogens with one attached hydrogen (secondary N) is 2. The van der Waals surface area contributed by atoms with Gasteiger partial charge in [0.25, 0.3) is 0 Å². The maximum Gasteiger partial charge on any atom is 0.329 e. The molecule has 128 valence electrons. The topological polar surface area (TPSA) is 68.8 Å². The molecule has 6 nitrogen and oxygen atoms in total. The van der Waals surface area contributed by atoms with Crippen molar-refractivity contribution in [3.05, 3.63) is 42.2 Å². The van der Waals surface area contributed by atoms with Crippen molar-refractivity contribution in [3.63, 3.8) is 0 Å². The molecular weight excluding hydrogens is 335 g/mol. The summed E-state index contributed by atoms with van der Waals surface area (Å²) in [5.74, 6) is 0.886. The maximum absolute atomic E-state index is 13.5. The molecule has 2 rings (SSSR count). The van der Waals surface area contributed by atoms with Gasteiger partial charge in [0.1, 0.15) is 5.82 Å². The predicted octanol–water partition coefficient (Wildman–Crippen LogP) is 3.68. The highest BCUT2D eigenvalue weighted by Gasteiger charge is 2.14. The van der Waals surface area contributed by atoms with E-state index < -0.39 is 11.8 Å². The molecule has 0 heterocycles. The summed E-state index contributed by atoms with van der Waals surface area (Å²) in [6.45, 7) is 0. The first-order chi connectivity index (χ1) is 11.6. The second-order valence-corrected chi connectivity index (χ2v) is 5.38. The van der Waals surface area contributed by atoms with Gasteiger partial charge in [-0.15, -0.1) is 0 Å². The number of benzene rings is 2. The lowest BCUT2D eigenvalue weighted by molar-refractivity contribution is 0.257. The zero-order chi connectivity index (χ0) is 17.5. The third kappa shape index (κ3) is 4.23. The molecule has 2 aromatic carbocycles. The molecular formula is C16H17FN2O4S. The molecule has 0 saturated heterocycles. The van der Waals surface area contributed by atoms with Crippen molar-refractivity contribution < 1.29 is 23.4 Å². The summed E-state index contributed by atoms with van der Waals surface area (Å²) in [7, 11) is 4.52. The first kappa shape index (κ1) is 17.7. The summed E-state index contributed by atoms with van der Waals surface area (Å²) >= 11 is 1.03. The van der Waals surface area contributed by atoms with Gasteiger partial charge >= 0.3 is 6.03 Å². The Balaban J connectivity index is 2.06. The van der Waals surface area contributed by atoms with Crippen molar-refractivity contribution >= 4 is 23.7 Å². The van der Waals surface area contributed by atoms with E-state index in [0.29, 0.717) is 22.1 Å². The first-order valence-corrected chi connectivity index (χ1v) is 7.69. The zero-order valence-electron chi connectivity index (χ0n) is 13.4. The third-order valence-corrected chi connectivity index (χ3v) is 3.78. The normalized spacial score (nSPS) is 10.0. The van der Waals surface area contributed by atoms with Crippen molar-refractivity contribution in [1.29, 1.82) is 0 Å². The summed E-state index contributed by atoms with van der Waals surface area (Å²) < 4.78 is 31.8. The number of methoxy groups -OCH3 is 3. The fraction of sp³-hybridized carbons (Fsp3) is 0.188. The van der Waals surface area contributed by atoms with E-state index >= 15 is 0 Å². The molecule has 2 amide bonds. The van der Waals surface area contributed by atoms with Gasteiger partial charge in [0.05, 0.1) is 27.0 Å². The minimum Gasteiger partial charge on any atom is -0.493 e. The van der Waals surface area contributed by atoms with Crippen LogP contribution in [-0.4, -0.2) is 27.4 Å². The van der Waals surface area contributed by atoms with Crippen LogP contribution in [0.1, 0.15) is 0 Å². The van der Waals surface area contributed by atoms with E-state index in [-0.39, 0.29) is 5.69 Å². The Bertz CT molecular complexity index is 702. The lowest BCUT2D eigenvalue weighted by Gasteiger charge is -2.14. The van der Waals surface area contributed by atoms with Gasteiger partial charge in [-0.3, -0.25) is 4.72 Å². The van der Waals surface area contributed by atoms with Gasteiger partial charge in [-0.25, -0.2) is 9.18 Å². The number of para-hydroxylation sites is 1. The maximum atomic E-state index is 13.5. The molecule has 0 bridgehead atoms. The number of carbonyl (C=O) groups excluding carboxylic acids is 1. The molecule has 8 heteroatoms. The molecule has 0 unspecified atom stereocenters. The minimum absolute atomic E-state index is 0.0977. The first-order valence-electron chi connectivity index (χ1n) is 6.87. The molecule has 0 aliphatic heterocycles. The van der Waals surface area contributed by atoms with E-state index in [1.807, 2.05) is 0 Å². The third-order valence-electron chi connectivity index (χ3n) is 3.02. The summed E-state index contributed by atoms with van der Waals surface area (Å²) in [5.41, 5.74) is 0.0977. The van der Waals surface area contributed by atoms with Gasteiger partial charge in [0.2, 0.25) is 5.75 Å². The monoisotopic (exact) mass is 352 g/mol. The number of urea groups is 1. The molecule has 0 spiro atoms. The highest BCUT2D eigenvalue weighted by molar-refractivity contribution is 7.98. The van der Waals surface area contributed by atoms with E-state index in [1.165, 1.54) is 33.5 Å². The Morgan fingerprint density at radius 3 is 2.21 bits per heavy atom.